The molecule has 0 bridgehead atoms. The molecule has 6 aromatic rings. The molecule has 1 aromatic heterocycles. The molecule has 0 saturated carbocycles. The van der Waals surface area contributed by atoms with Gasteiger partial charge in [-0.25, -0.2) is 19.2 Å². The number of rotatable bonds is 40. The predicted molar refractivity (Wildman–Crippen MR) is 306 cm³/mol. The van der Waals surface area contributed by atoms with Crippen molar-refractivity contribution in [2.45, 2.75) is 233 Å². The molecule has 0 saturated heterocycles. The molecule has 73 heavy (non-hydrogen) atoms. The van der Waals surface area contributed by atoms with Crippen LogP contribution in [0, 0.1) is 0 Å². The highest BCUT2D eigenvalue weighted by molar-refractivity contribution is 7.26. The Morgan fingerprint density at radius 2 is 0.548 bits per heavy atom. The molecule has 0 aliphatic rings. The van der Waals surface area contributed by atoms with E-state index in [1.165, 1.54) is 140 Å². The van der Waals surface area contributed by atoms with E-state index >= 15 is 0 Å². The summed E-state index contributed by atoms with van der Waals surface area (Å²) in [5.41, 5.74) is 1.34. The first kappa shape index (κ1) is 57.8. The Labute approximate surface area is 442 Å². The molecule has 5 aromatic carbocycles. The molecule has 0 atom stereocenters. The summed E-state index contributed by atoms with van der Waals surface area (Å²) in [5, 5.41) is 6.03. The number of esters is 4. The number of hydrogen-bond acceptors (Lipinski definition) is 9. The zero-order valence-corrected chi connectivity index (χ0v) is 46.4. The standard InChI is InChI=1S/C64H90O8S/c1-5-9-13-17-21-25-29-33-41-69-61(65)49-39-37-47-48-38-40-50(62(66)70-42-34-30-26-22-18-14-10-6-2)56-52(64(68)72-44-36-32-28-24-20-16-12-8-4)46-54-60(58(48)56)59-53(73-54)45-51(55(49)57(47)59)63(67)71-43-35-31-27-23-19-15-11-7-3/h37-40,45-46H,5-36,41-44H2,1-4H3. The molecule has 0 aliphatic heterocycles. The number of hydrogen-bond donors (Lipinski definition) is 0. The van der Waals surface area contributed by atoms with E-state index in [0.29, 0.717) is 59.5 Å². The van der Waals surface area contributed by atoms with Crippen LogP contribution in [0.5, 0.6) is 0 Å². The van der Waals surface area contributed by atoms with Gasteiger partial charge in [-0.05, 0) is 60.7 Å². The molecule has 6 rings (SSSR count). The SMILES string of the molecule is CCCCCCCCCCOC(=O)c1ccc2c3ccc(C(=O)OCCCCCCCCCC)c4c(C(=O)OCCCCCCCCCC)cc5sc6cc(C(=O)OCCCCCCCCCC)c1c2c6c5c43. The van der Waals surface area contributed by atoms with Crippen molar-refractivity contribution in [2.24, 2.45) is 0 Å². The van der Waals surface area contributed by atoms with E-state index in [1.807, 2.05) is 24.3 Å². The van der Waals surface area contributed by atoms with Gasteiger partial charge in [0.2, 0.25) is 0 Å². The van der Waals surface area contributed by atoms with Crippen molar-refractivity contribution in [2.75, 3.05) is 26.4 Å². The van der Waals surface area contributed by atoms with E-state index in [-0.39, 0.29) is 0 Å². The fraction of sp³-hybridized carbons (Fsp3) is 0.625. The highest BCUT2D eigenvalue weighted by atomic mass is 32.1. The summed E-state index contributed by atoms with van der Waals surface area (Å²) < 4.78 is 25.8. The lowest BCUT2D eigenvalue weighted by Crippen LogP contribution is -2.13. The van der Waals surface area contributed by atoms with E-state index < -0.39 is 23.9 Å². The van der Waals surface area contributed by atoms with Crippen molar-refractivity contribution in [3.8, 4) is 0 Å². The molecular weight excluding hydrogens is 929 g/mol. The molecule has 0 amide bonds. The fourth-order valence-electron chi connectivity index (χ4n) is 10.9. The quantitative estimate of drug-likeness (QED) is 0.0123. The van der Waals surface area contributed by atoms with Crippen molar-refractivity contribution in [1.29, 1.82) is 0 Å². The zero-order chi connectivity index (χ0) is 51.6. The molecule has 400 valence electrons. The van der Waals surface area contributed by atoms with Crippen LogP contribution in [0.3, 0.4) is 0 Å². The number of benzene rings is 5. The van der Waals surface area contributed by atoms with Gasteiger partial charge in [0.05, 0.1) is 48.7 Å². The normalized spacial score (nSPS) is 11.8. The van der Waals surface area contributed by atoms with Crippen LogP contribution in [0.25, 0.3) is 52.5 Å². The second-order valence-electron chi connectivity index (χ2n) is 21.0. The second kappa shape index (κ2) is 32.1. The molecule has 9 heteroatoms. The summed E-state index contributed by atoms with van der Waals surface area (Å²) in [6.07, 6.45) is 36.2. The maximum absolute atomic E-state index is 14.4. The van der Waals surface area contributed by atoms with Crippen molar-refractivity contribution in [3.63, 3.8) is 0 Å². The maximum atomic E-state index is 14.4. The minimum atomic E-state index is -0.465. The summed E-state index contributed by atoms with van der Waals surface area (Å²) >= 11 is 1.50. The van der Waals surface area contributed by atoms with Crippen molar-refractivity contribution in [1.82, 2.24) is 0 Å². The summed E-state index contributed by atoms with van der Waals surface area (Å²) in [6, 6.07) is 11.2. The first-order valence-corrected chi connectivity index (χ1v) is 30.3. The maximum Gasteiger partial charge on any atom is 0.338 e. The van der Waals surface area contributed by atoms with Gasteiger partial charge < -0.3 is 18.9 Å². The van der Waals surface area contributed by atoms with E-state index in [0.717, 1.165) is 119 Å². The minimum absolute atomic E-state index is 0.295. The molecule has 8 nitrogen and oxygen atoms in total. The predicted octanol–water partition coefficient (Wildman–Crippen LogP) is 19.6. The van der Waals surface area contributed by atoms with Crippen molar-refractivity contribution >= 4 is 87.7 Å². The monoisotopic (exact) mass is 1020 g/mol. The van der Waals surface area contributed by atoms with Crippen LogP contribution in [0.2, 0.25) is 0 Å². The Hall–Kier alpha value is -4.50. The molecule has 0 radical (unpaired) electrons. The van der Waals surface area contributed by atoms with Gasteiger partial charge in [0.1, 0.15) is 0 Å². The summed E-state index contributed by atoms with van der Waals surface area (Å²) in [6.45, 7) is 10.1. The van der Waals surface area contributed by atoms with Gasteiger partial charge in [-0.2, -0.15) is 0 Å². The minimum Gasteiger partial charge on any atom is -0.462 e. The molecule has 0 unspecified atom stereocenters. The molecule has 0 fully saturated rings. The van der Waals surface area contributed by atoms with Gasteiger partial charge in [-0.3, -0.25) is 0 Å². The Balaban J connectivity index is 1.35. The van der Waals surface area contributed by atoms with Gasteiger partial charge in [0.15, 0.2) is 0 Å². The number of carbonyl (C=O) groups excluding carboxylic acids is 4. The van der Waals surface area contributed by atoms with Gasteiger partial charge in [-0.1, -0.05) is 220 Å². The molecular formula is C64H90O8S. The smallest absolute Gasteiger partial charge is 0.338 e. The molecule has 0 N–H and O–H groups in total. The van der Waals surface area contributed by atoms with Crippen molar-refractivity contribution < 1.29 is 38.1 Å². The topological polar surface area (TPSA) is 105 Å². The van der Waals surface area contributed by atoms with Gasteiger partial charge in [0.25, 0.3) is 0 Å². The molecule has 1 heterocycles. The van der Waals surface area contributed by atoms with Crippen LogP contribution >= 0.6 is 11.3 Å². The molecule has 0 spiro atoms. The summed E-state index contributed by atoms with van der Waals surface area (Å²) in [7, 11) is 0. The third-order valence-corrected chi connectivity index (χ3v) is 16.1. The van der Waals surface area contributed by atoms with Crippen LogP contribution in [-0.4, -0.2) is 50.3 Å². The number of ether oxygens (including phenoxy) is 4. The highest BCUT2D eigenvalue weighted by Crippen LogP contribution is 2.51. The first-order valence-electron chi connectivity index (χ1n) is 29.5. The third kappa shape index (κ3) is 16.2. The summed E-state index contributed by atoms with van der Waals surface area (Å²) in [4.78, 5) is 57.5. The third-order valence-electron chi connectivity index (χ3n) is 15.1. The van der Waals surface area contributed by atoms with E-state index in [4.69, 9.17) is 18.9 Å². The second-order valence-corrected chi connectivity index (χ2v) is 22.0. The lowest BCUT2D eigenvalue weighted by molar-refractivity contribution is 0.0483. The lowest BCUT2D eigenvalue weighted by Gasteiger charge is -2.20. The molecule has 0 aliphatic carbocycles. The fourth-order valence-corrected chi connectivity index (χ4v) is 12.1. The average Bonchev–Trinajstić information content (AvgIpc) is 3.79. The van der Waals surface area contributed by atoms with Gasteiger partial charge >= 0.3 is 23.9 Å². The first-order chi connectivity index (χ1) is 35.9. The zero-order valence-electron chi connectivity index (χ0n) is 45.6. The number of fused-ring (bicyclic) bond motifs is 1. The largest absolute Gasteiger partial charge is 0.462 e. The van der Waals surface area contributed by atoms with E-state index in [2.05, 4.69) is 27.7 Å². The lowest BCUT2D eigenvalue weighted by atomic mass is 9.84. The van der Waals surface area contributed by atoms with E-state index in [1.54, 1.807) is 12.1 Å². The highest BCUT2D eigenvalue weighted by Gasteiger charge is 2.31. The van der Waals surface area contributed by atoms with Crippen LogP contribution in [0.1, 0.15) is 275 Å². The Bertz CT molecular complexity index is 2410. The number of unbranched alkanes of at least 4 members (excludes halogenated alkanes) is 28. The van der Waals surface area contributed by atoms with Gasteiger partial charge in [0, 0.05) is 41.7 Å². The van der Waals surface area contributed by atoms with Crippen LogP contribution in [-0.2, 0) is 18.9 Å². The summed E-state index contributed by atoms with van der Waals surface area (Å²) in [5.74, 6) is -1.85. The van der Waals surface area contributed by atoms with Crippen molar-refractivity contribution in [3.05, 3.63) is 58.7 Å². The van der Waals surface area contributed by atoms with E-state index in [9.17, 15) is 19.2 Å². The van der Waals surface area contributed by atoms with Gasteiger partial charge in [-0.15, -0.1) is 11.3 Å². The van der Waals surface area contributed by atoms with Crippen LogP contribution in [0.4, 0.5) is 0 Å². The van der Waals surface area contributed by atoms with Crippen LogP contribution < -0.4 is 0 Å². The Kier molecular flexibility index (Phi) is 25.4. The Morgan fingerprint density at radius 3 is 0.822 bits per heavy atom. The Morgan fingerprint density at radius 1 is 0.301 bits per heavy atom. The average molecular weight is 1020 g/mol. The number of thiophene rings is 1. The van der Waals surface area contributed by atoms with Crippen LogP contribution in [0.15, 0.2) is 36.4 Å². The number of carbonyl (C=O) groups is 4.